The smallest absolute Gasteiger partial charge is 0.382 e. The molecule has 0 saturated carbocycles. The van der Waals surface area contributed by atoms with Crippen molar-refractivity contribution in [3.8, 4) is 0 Å². The number of alkyl halides is 3. The average molecular weight is 354 g/mol. The molecule has 1 aromatic heterocycles. The molecule has 1 atom stereocenters. The normalized spacial score (nSPS) is 13.6. The zero-order chi connectivity index (χ0) is 15.1. The molecule has 2 rings (SSSR count). The monoisotopic (exact) mass is 353 g/mol. The van der Waals surface area contributed by atoms with Crippen LogP contribution in [0.15, 0.2) is 22.8 Å². The van der Waals surface area contributed by atoms with Crippen molar-refractivity contribution in [2.24, 2.45) is 7.05 Å². The van der Waals surface area contributed by atoms with Crippen molar-refractivity contribution in [2.75, 3.05) is 0 Å². The van der Waals surface area contributed by atoms with Crippen LogP contribution >= 0.6 is 15.9 Å². The molecule has 0 aliphatic heterocycles. The van der Waals surface area contributed by atoms with Gasteiger partial charge >= 0.3 is 6.18 Å². The van der Waals surface area contributed by atoms with Crippen molar-refractivity contribution < 1.29 is 22.7 Å². The number of halogens is 5. The van der Waals surface area contributed by atoms with Crippen LogP contribution in [-0.2, 0) is 13.2 Å². The van der Waals surface area contributed by atoms with Crippen molar-refractivity contribution in [3.63, 3.8) is 0 Å². The van der Waals surface area contributed by atoms with Gasteiger partial charge in [-0.3, -0.25) is 0 Å². The van der Waals surface area contributed by atoms with Crippen LogP contribution in [0.3, 0.4) is 0 Å². The van der Waals surface area contributed by atoms with E-state index in [-0.39, 0.29) is 10.3 Å². The van der Waals surface area contributed by atoms with Crippen molar-refractivity contribution in [1.29, 1.82) is 0 Å². The molecule has 20 heavy (non-hydrogen) atoms. The Labute approximate surface area is 119 Å². The molecule has 0 aliphatic carbocycles. The van der Waals surface area contributed by atoms with Crippen LogP contribution in [0, 0.1) is 5.82 Å². The van der Waals surface area contributed by atoms with Crippen LogP contribution in [0.5, 0.6) is 0 Å². The summed E-state index contributed by atoms with van der Waals surface area (Å²) in [5, 5.41) is 17.3. The molecule has 0 spiro atoms. The predicted molar refractivity (Wildman–Crippen MR) is 64.2 cm³/mol. The Hall–Kier alpha value is -1.48. The summed E-state index contributed by atoms with van der Waals surface area (Å²) in [4.78, 5) is 0. The van der Waals surface area contributed by atoms with E-state index in [1.54, 1.807) is 0 Å². The van der Waals surface area contributed by atoms with E-state index in [1.165, 1.54) is 7.05 Å². The topological polar surface area (TPSA) is 50.9 Å². The SMILES string of the molecule is Cn1nnc(Br)c1C(O)c1ccc(F)cc1C(F)(F)F. The lowest BCUT2D eigenvalue weighted by Crippen LogP contribution is -2.15. The van der Waals surface area contributed by atoms with Gasteiger partial charge in [0.1, 0.15) is 17.6 Å². The molecule has 1 aromatic carbocycles. The molecule has 1 N–H and O–H groups in total. The summed E-state index contributed by atoms with van der Waals surface area (Å²) in [6.07, 6.45) is -6.42. The van der Waals surface area contributed by atoms with Gasteiger partial charge in [-0.05, 0) is 33.6 Å². The van der Waals surface area contributed by atoms with Crippen LogP contribution in [0.1, 0.15) is 22.9 Å². The third-order valence-electron chi connectivity index (χ3n) is 2.70. The fourth-order valence-corrected chi connectivity index (χ4v) is 2.33. The lowest BCUT2D eigenvalue weighted by molar-refractivity contribution is -0.139. The fraction of sp³-hybridized carbons (Fsp3) is 0.273. The highest BCUT2D eigenvalue weighted by Crippen LogP contribution is 2.37. The van der Waals surface area contributed by atoms with Gasteiger partial charge in [-0.25, -0.2) is 9.07 Å². The van der Waals surface area contributed by atoms with Gasteiger partial charge in [0.15, 0.2) is 4.60 Å². The predicted octanol–water partition coefficient (Wildman–Crippen LogP) is 2.82. The minimum atomic E-state index is -4.78. The lowest BCUT2D eigenvalue weighted by Gasteiger charge is -2.17. The summed E-state index contributed by atoms with van der Waals surface area (Å²) in [5.74, 6) is -1.03. The van der Waals surface area contributed by atoms with Gasteiger partial charge in [0, 0.05) is 7.05 Å². The zero-order valence-corrected chi connectivity index (χ0v) is 11.6. The summed E-state index contributed by atoms with van der Waals surface area (Å²) >= 11 is 2.99. The van der Waals surface area contributed by atoms with Gasteiger partial charge in [-0.15, -0.1) is 5.10 Å². The lowest BCUT2D eigenvalue weighted by atomic mass is 10.00. The maximum absolute atomic E-state index is 13.0. The summed E-state index contributed by atoms with van der Waals surface area (Å²) in [5.41, 5.74) is -1.66. The third kappa shape index (κ3) is 2.68. The average Bonchev–Trinajstić information content (AvgIpc) is 2.67. The molecule has 0 radical (unpaired) electrons. The van der Waals surface area contributed by atoms with Gasteiger partial charge in [0.05, 0.1) is 5.56 Å². The van der Waals surface area contributed by atoms with E-state index < -0.39 is 29.2 Å². The summed E-state index contributed by atoms with van der Waals surface area (Å²) in [6, 6.07) is 2.09. The number of aromatic nitrogens is 3. The molecule has 0 amide bonds. The minimum absolute atomic E-state index is 0.0436. The number of aliphatic hydroxyl groups excluding tert-OH is 1. The van der Waals surface area contributed by atoms with E-state index in [4.69, 9.17) is 0 Å². The number of hydrogen-bond donors (Lipinski definition) is 1. The first-order valence-electron chi connectivity index (χ1n) is 5.31. The van der Waals surface area contributed by atoms with Gasteiger partial charge in [-0.2, -0.15) is 13.2 Å². The van der Waals surface area contributed by atoms with Gasteiger partial charge < -0.3 is 5.11 Å². The quantitative estimate of drug-likeness (QED) is 0.844. The van der Waals surface area contributed by atoms with Crippen LogP contribution < -0.4 is 0 Å². The van der Waals surface area contributed by atoms with Crippen LogP contribution in [0.4, 0.5) is 17.6 Å². The molecular formula is C11H8BrF4N3O. The Balaban J connectivity index is 2.58. The maximum atomic E-state index is 13.0. The van der Waals surface area contributed by atoms with Gasteiger partial charge in [0.2, 0.25) is 0 Å². The van der Waals surface area contributed by atoms with Crippen molar-refractivity contribution in [2.45, 2.75) is 12.3 Å². The molecule has 1 unspecified atom stereocenters. The Kier molecular flexibility index (Phi) is 3.83. The third-order valence-corrected chi connectivity index (χ3v) is 3.27. The molecule has 0 bridgehead atoms. The Morgan fingerprint density at radius 1 is 1.35 bits per heavy atom. The summed E-state index contributed by atoms with van der Waals surface area (Å²) in [7, 11) is 1.42. The summed E-state index contributed by atoms with van der Waals surface area (Å²) in [6.45, 7) is 0. The molecular weight excluding hydrogens is 346 g/mol. The molecule has 108 valence electrons. The first-order valence-corrected chi connectivity index (χ1v) is 6.11. The van der Waals surface area contributed by atoms with Crippen molar-refractivity contribution >= 4 is 15.9 Å². The Morgan fingerprint density at radius 2 is 2.00 bits per heavy atom. The number of rotatable bonds is 2. The second-order valence-electron chi connectivity index (χ2n) is 4.02. The van der Waals surface area contributed by atoms with E-state index in [2.05, 4.69) is 26.2 Å². The van der Waals surface area contributed by atoms with Crippen molar-refractivity contribution in [1.82, 2.24) is 15.0 Å². The van der Waals surface area contributed by atoms with E-state index in [0.717, 1.165) is 16.8 Å². The highest BCUT2D eigenvalue weighted by molar-refractivity contribution is 9.10. The molecule has 9 heteroatoms. The molecule has 0 saturated heterocycles. The highest BCUT2D eigenvalue weighted by Gasteiger charge is 2.36. The number of benzene rings is 1. The Bertz CT molecular complexity index is 622. The van der Waals surface area contributed by atoms with E-state index >= 15 is 0 Å². The minimum Gasteiger partial charge on any atom is -0.382 e. The first-order chi connectivity index (χ1) is 9.21. The second-order valence-corrected chi connectivity index (χ2v) is 4.77. The molecule has 0 fully saturated rings. The van der Waals surface area contributed by atoms with E-state index in [9.17, 15) is 22.7 Å². The fourth-order valence-electron chi connectivity index (χ4n) is 1.79. The maximum Gasteiger partial charge on any atom is 0.416 e. The van der Waals surface area contributed by atoms with E-state index in [1.807, 2.05) is 0 Å². The number of nitrogens with zero attached hydrogens (tertiary/aromatic N) is 3. The second kappa shape index (κ2) is 5.13. The standard InChI is InChI=1S/C11H8BrF4N3O/c1-19-8(10(12)17-18-19)9(20)6-3-2-5(13)4-7(6)11(14,15)16/h2-4,9,20H,1H3. The Morgan fingerprint density at radius 3 is 2.50 bits per heavy atom. The molecule has 0 aliphatic rings. The molecule has 1 heterocycles. The van der Waals surface area contributed by atoms with Crippen LogP contribution in [0.2, 0.25) is 0 Å². The number of aliphatic hydroxyl groups is 1. The zero-order valence-electron chi connectivity index (χ0n) is 9.99. The van der Waals surface area contributed by atoms with Crippen molar-refractivity contribution in [3.05, 3.63) is 45.4 Å². The van der Waals surface area contributed by atoms with E-state index in [0.29, 0.717) is 6.07 Å². The molecule has 4 nitrogen and oxygen atoms in total. The van der Waals surface area contributed by atoms with Crippen LogP contribution in [0.25, 0.3) is 0 Å². The molecule has 2 aromatic rings. The summed E-state index contributed by atoms with van der Waals surface area (Å²) < 4.78 is 53.0. The van der Waals surface area contributed by atoms with Gasteiger partial charge in [0.25, 0.3) is 0 Å². The van der Waals surface area contributed by atoms with Gasteiger partial charge in [-0.1, -0.05) is 11.3 Å². The highest BCUT2D eigenvalue weighted by atomic mass is 79.9. The van der Waals surface area contributed by atoms with Crippen LogP contribution in [-0.4, -0.2) is 20.1 Å². The number of hydrogen-bond acceptors (Lipinski definition) is 3. The number of aryl methyl sites for hydroxylation is 1. The largest absolute Gasteiger partial charge is 0.416 e. The first kappa shape index (κ1) is 14.9.